The molecule has 4 nitrogen and oxygen atoms in total. The molecule has 4 heteroatoms. The molecule has 2 aromatic rings. The summed E-state index contributed by atoms with van der Waals surface area (Å²) in [6.45, 7) is 0.708. The number of rotatable bonds is 3. The Labute approximate surface area is 100 Å². The van der Waals surface area contributed by atoms with Gasteiger partial charge in [0.1, 0.15) is 0 Å². The molecule has 0 aliphatic heterocycles. The van der Waals surface area contributed by atoms with E-state index in [0.29, 0.717) is 18.7 Å². The van der Waals surface area contributed by atoms with E-state index in [2.05, 4.69) is 16.0 Å². The number of hydrogen-bond donors (Lipinski definition) is 1. The van der Waals surface area contributed by atoms with Crippen molar-refractivity contribution >= 4 is 22.3 Å². The second kappa shape index (κ2) is 4.71. The Hall–Kier alpha value is -2.28. The van der Waals surface area contributed by atoms with Gasteiger partial charge in [0.2, 0.25) is 0 Å². The fraction of sp³-hybridized carbons (Fsp3) is 0.231. The van der Waals surface area contributed by atoms with Gasteiger partial charge >= 0.3 is 0 Å². The molecule has 1 heterocycles. The van der Waals surface area contributed by atoms with Crippen LogP contribution < -0.4 is 10.6 Å². The first-order valence-corrected chi connectivity index (χ1v) is 5.44. The minimum Gasteiger partial charge on any atom is -0.399 e. The van der Waals surface area contributed by atoms with Crippen LogP contribution in [0, 0.1) is 11.3 Å². The van der Waals surface area contributed by atoms with Gasteiger partial charge in [-0.1, -0.05) is 0 Å². The van der Waals surface area contributed by atoms with E-state index in [1.54, 1.807) is 6.20 Å². The molecule has 86 valence electrons. The van der Waals surface area contributed by atoms with E-state index < -0.39 is 0 Å². The standard InChI is InChI=1S/C13H14N4/c1-17(8-2-6-14)13-5-7-16-12-9-10(15)3-4-11(12)13/h3-5,7,9H,2,8,15H2,1H3. The van der Waals surface area contributed by atoms with Crippen LogP contribution in [-0.2, 0) is 0 Å². The van der Waals surface area contributed by atoms with Gasteiger partial charge in [0.15, 0.2) is 0 Å². The first kappa shape index (κ1) is 11.2. The summed E-state index contributed by atoms with van der Waals surface area (Å²) < 4.78 is 0. The number of hydrogen-bond acceptors (Lipinski definition) is 4. The predicted molar refractivity (Wildman–Crippen MR) is 69.7 cm³/mol. The molecule has 17 heavy (non-hydrogen) atoms. The molecule has 2 N–H and O–H groups in total. The van der Waals surface area contributed by atoms with E-state index in [1.165, 1.54) is 0 Å². The lowest BCUT2D eigenvalue weighted by Gasteiger charge is -2.19. The quantitative estimate of drug-likeness (QED) is 0.814. The zero-order chi connectivity index (χ0) is 12.3. The number of nitriles is 1. The molecule has 0 unspecified atom stereocenters. The third-order valence-corrected chi connectivity index (χ3v) is 2.71. The van der Waals surface area contributed by atoms with Crippen molar-refractivity contribution in [1.82, 2.24) is 4.98 Å². The van der Waals surface area contributed by atoms with Crippen LogP contribution in [-0.4, -0.2) is 18.6 Å². The van der Waals surface area contributed by atoms with E-state index in [9.17, 15) is 0 Å². The van der Waals surface area contributed by atoms with Gasteiger partial charge in [0, 0.05) is 36.6 Å². The van der Waals surface area contributed by atoms with Crippen molar-refractivity contribution in [3.05, 3.63) is 30.5 Å². The van der Waals surface area contributed by atoms with Gasteiger partial charge in [0.05, 0.1) is 18.0 Å². The van der Waals surface area contributed by atoms with Crippen molar-refractivity contribution in [3.8, 4) is 6.07 Å². The van der Waals surface area contributed by atoms with Gasteiger partial charge in [-0.3, -0.25) is 4.98 Å². The average molecular weight is 226 g/mol. The van der Waals surface area contributed by atoms with E-state index in [4.69, 9.17) is 11.0 Å². The van der Waals surface area contributed by atoms with E-state index >= 15 is 0 Å². The van der Waals surface area contributed by atoms with Gasteiger partial charge in [-0.05, 0) is 24.3 Å². The summed E-state index contributed by atoms with van der Waals surface area (Å²) in [4.78, 5) is 6.35. The highest BCUT2D eigenvalue weighted by Gasteiger charge is 2.06. The van der Waals surface area contributed by atoms with Crippen LogP contribution in [0.5, 0.6) is 0 Å². The molecule has 1 aromatic heterocycles. The fourth-order valence-electron chi connectivity index (χ4n) is 1.82. The van der Waals surface area contributed by atoms with Crippen LogP contribution in [0.3, 0.4) is 0 Å². The molecule has 0 saturated heterocycles. The van der Waals surface area contributed by atoms with Gasteiger partial charge in [-0.25, -0.2) is 0 Å². The lowest BCUT2D eigenvalue weighted by Crippen LogP contribution is -2.18. The maximum atomic E-state index is 8.61. The number of aromatic nitrogens is 1. The monoisotopic (exact) mass is 226 g/mol. The molecule has 0 fully saturated rings. The van der Waals surface area contributed by atoms with Gasteiger partial charge in [-0.15, -0.1) is 0 Å². The maximum Gasteiger partial charge on any atom is 0.0743 e. The summed E-state index contributed by atoms with van der Waals surface area (Å²) in [6, 6.07) is 9.80. The minimum absolute atomic E-state index is 0.509. The molecule has 0 radical (unpaired) electrons. The highest BCUT2D eigenvalue weighted by atomic mass is 15.1. The summed E-state index contributed by atoms with van der Waals surface area (Å²) in [7, 11) is 1.97. The van der Waals surface area contributed by atoms with Crippen LogP contribution in [0.15, 0.2) is 30.5 Å². The summed E-state index contributed by atoms with van der Waals surface area (Å²) in [5.74, 6) is 0. The van der Waals surface area contributed by atoms with Crippen molar-refractivity contribution < 1.29 is 0 Å². The predicted octanol–water partition coefficient (Wildman–Crippen LogP) is 2.17. The molecule has 0 saturated carbocycles. The Morgan fingerprint density at radius 2 is 2.24 bits per heavy atom. The van der Waals surface area contributed by atoms with Crippen molar-refractivity contribution in [2.75, 3.05) is 24.2 Å². The summed E-state index contributed by atoms with van der Waals surface area (Å²) in [6.07, 6.45) is 2.27. The summed E-state index contributed by atoms with van der Waals surface area (Å²) in [5.41, 5.74) is 8.40. The van der Waals surface area contributed by atoms with Crippen LogP contribution in [0.1, 0.15) is 6.42 Å². The summed E-state index contributed by atoms with van der Waals surface area (Å²) >= 11 is 0. The maximum absolute atomic E-state index is 8.61. The fourth-order valence-corrected chi connectivity index (χ4v) is 1.82. The van der Waals surface area contributed by atoms with E-state index in [-0.39, 0.29) is 0 Å². The first-order valence-electron chi connectivity index (χ1n) is 5.44. The SMILES string of the molecule is CN(CCC#N)c1ccnc2cc(N)ccc12. The Morgan fingerprint density at radius 3 is 3.00 bits per heavy atom. The number of pyridine rings is 1. The molecule has 2 rings (SSSR count). The number of nitrogens with two attached hydrogens (primary N) is 1. The third kappa shape index (κ3) is 2.28. The largest absolute Gasteiger partial charge is 0.399 e. The molecule has 0 bridgehead atoms. The molecular formula is C13H14N4. The van der Waals surface area contributed by atoms with Crippen molar-refractivity contribution in [3.63, 3.8) is 0 Å². The molecule has 0 spiro atoms. The van der Waals surface area contributed by atoms with E-state index in [1.807, 2.05) is 31.3 Å². The van der Waals surface area contributed by atoms with Crippen molar-refractivity contribution in [1.29, 1.82) is 5.26 Å². The van der Waals surface area contributed by atoms with Crippen molar-refractivity contribution in [2.45, 2.75) is 6.42 Å². The normalized spacial score (nSPS) is 10.1. The first-order chi connectivity index (χ1) is 8.22. The number of nitrogen functional groups attached to an aromatic ring is 1. The number of nitrogens with zero attached hydrogens (tertiary/aromatic N) is 3. The molecule has 0 aliphatic carbocycles. The molecule has 0 atom stereocenters. The Morgan fingerprint density at radius 1 is 1.41 bits per heavy atom. The van der Waals surface area contributed by atoms with Gasteiger partial charge in [-0.2, -0.15) is 5.26 Å². The van der Waals surface area contributed by atoms with Crippen LogP contribution in [0.2, 0.25) is 0 Å². The average Bonchev–Trinajstić information content (AvgIpc) is 2.34. The number of benzene rings is 1. The van der Waals surface area contributed by atoms with Gasteiger partial charge in [0.25, 0.3) is 0 Å². The smallest absolute Gasteiger partial charge is 0.0743 e. The minimum atomic E-state index is 0.509. The number of fused-ring (bicyclic) bond motifs is 1. The Kier molecular flexibility index (Phi) is 3.10. The van der Waals surface area contributed by atoms with Gasteiger partial charge < -0.3 is 10.6 Å². The van der Waals surface area contributed by atoms with Crippen molar-refractivity contribution in [2.24, 2.45) is 0 Å². The Bertz CT molecular complexity index is 571. The second-order valence-corrected chi connectivity index (χ2v) is 3.94. The lowest BCUT2D eigenvalue weighted by atomic mass is 10.1. The molecule has 0 aliphatic rings. The van der Waals surface area contributed by atoms with Crippen LogP contribution in [0.25, 0.3) is 10.9 Å². The van der Waals surface area contributed by atoms with E-state index in [0.717, 1.165) is 16.6 Å². The Balaban J connectivity index is 2.44. The number of anilines is 2. The van der Waals surface area contributed by atoms with Crippen LogP contribution >= 0.6 is 0 Å². The molecule has 1 aromatic carbocycles. The summed E-state index contributed by atoms with van der Waals surface area (Å²) in [5, 5.41) is 9.66. The lowest BCUT2D eigenvalue weighted by molar-refractivity contribution is 0.908. The highest BCUT2D eigenvalue weighted by molar-refractivity contribution is 5.93. The molecular weight excluding hydrogens is 212 g/mol. The molecule has 0 amide bonds. The zero-order valence-electron chi connectivity index (χ0n) is 9.72. The van der Waals surface area contributed by atoms with Crippen LogP contribution in [0.4, 0.5) is 11.4 Å². The topological polar surface area (TPSA) is 65.9 Å². The zero-order valence-corrected chi connectivity index (χ0v) is 9.72. The third-order valence-electron chi connectivity index (χ3n) is 2.71. The second-order valence-electron chi connectivity index (χ2n) is 3.94. The highest BCUT2D eigenvalue weighted by Crippen LogP contribution is 2.25.